The van der Waals surface area contributed by atoms with Gasteiger partial charge in [0.25, 0.3) is 0 Å². The number of rotatable bonds is 3. The smallest absolute Gasteiger partial charge is 0.358 e. The van der Waals surface area contributed by atoms with Crippen molar-refractivity contribution >= 4 is 5.97 Å². The molecule has 0 unspecified atom stereocenters. The lowest BCUT2D eigenvalue weighted by Crippen LogP contribution is -2.03. The quantitative estimate of drug-likeness (QED) is 0.861. The number of nitriles is 1. The molecule has 2 aromatic heterocycles. The minimum Gasteiger partial charge on any atom is -0.476 e. The molecule has 0 atom stereocenters. The Labute approximate surface area is 101 Å². The van der Waals surface area contributed by atoms with E-state index in [0.717, 1.165) is 0 Å². The number of nitrogens with zero attached hydrogens (tertiary/aromatic N) is 4. The highest BCUT2D eigenvalue weighted by Crippen LogP contribution is 2.21. The van der Waals surface area contributed by atoms with E-state index < -0.39 is 5.97 Å². The highest BCUT2D eigenvalue weighted by Gasteiger charge is 2.13. The van der Waals surface area contributed by atoms with Gasteiger partial charge < -0.3 is 9.84 Å². The second-order valence-electron chi connectivity index (χ2n) is 3.11. The predicted molar refractivity (Wildman–Crippen MR) is 58.0 cm³/mol. The molecule has 2 heterocycles. The van der Waals surface area contributed by atoms with Gasteiger partial charge in [0, 0.05) is 6.20 Å². The average Bonchev–Trinajstić information content (AvgIpc) is 2.40. The van der Waals surface area contributed by atoms with Crippen LogP contribution in [0.25, 0.3) is 0 Å². The number of ether oxygens (including phenoxy) is 1. The molecule has 0 spiro atoms. The van der Waals surface area contributed by atoms with E-state index in [-0.39, 0.29) is 23.0 Å². The summed E-state index contributed by atoms with van der Waals surface area (Å²) in [6, 6.07) is 4.81. The zero-order chi connectivity index (χ0) is 13.0. The Morgan fingerprint density at radius 2 is 2.17 bits per heavy atom. The van der Waals surface area contributed by atoms with Gasteiger partial charge in [0.15, 0.2) is 17.1 Å². The molecule has 0 aliphatic carbocycles. The van der Waals surface area contributed by atoms with Crippen molar-refractivity contribution < 1.29 is 14.6 Å². The molecule has 2 rings (SSSR count). The van der Waals surface area contributed by atoms with Gasteiger partial charge in [-0.05, 0) is 12.1 Å². The van der Waals surface area contributed by atoms with Gasteiger partial charge in [-0.1, -0.05) is 0 Å². The molecule has 0 bridgehead atoms. The first kappa shape index (κ1) is 11.5. The van der Waals surface area contributed by atoms with Gasteiger partial charge in [-0.2, -0.15) is 5.26 Å². The molecule has 7 nitrogen and oxygen atoms in total. The minimum atomic E-state index is -1.20. The Hall–Kier alpha value is -3.01. The van der Waals surface area contributed by atoms with E-state index in [0.29, 0.717) is 0 Å². The molecule has 18 heavy (non-hydrogen) atoms. The maximum atomic E-state index is 10.9. The fourth-order valence-corrected chi connectivity index (χ4v) is 1.17. The molecule has 7 heteroatoms. The number of aromatic nitrogens is 3. The summed E-state index contributed by atoms with van der Waals surface area (Å²) in [5.41, 5.74) is -0.0735. The summed E-state index contributed by atoms with van der Waals surface area (Å²) >= 11 is 0. The summed E-state index contributed by atoms with van der Waals surface area (Å²) in [5.74, 6) is -1.05. The number of aromatic carboxylic acids is 1. The van der Waals surface area contributed by atoms with Crippen LogP contribution in [0.3, 0.4) is 0 Å². The largest absolute Gasteiger partial charge is 0.476 e. The molecule has 88 valence electrons. The zero-order valence-electron chi connectivity index (χ0n) is 8.94. The first-order chi connectivity index (χ1) is 8.70. The van der Waals surface area contributed by atoms with Gasteiger partial charge in [-0.3, -0.25) is 0 Å². The molecule has 0 radical (unpaired) electrons. The lowest BCUT2D eigenvalue weighted by Gasteiger charge is -2.05. The topological polar surface area (TPSA) is 109 Å². The van der Waals surface area contributed by atoms with Crippen LogP contribution in [-0.4, -0.2) is 26.0 Å². The monoisotopic (exact) mass is 242 g/mol. The summed E-state index contributed by atoms with van der Waals surface area (Å²) in [5, 5.41) is 17.5. The van der Waals surface area contributed by atoms with Crippen LogP contribution in [-0.2, 0) is 0 Å². The Morgan fingerprint density at radius 1 is 1.33 bits per heavy atom. The van der Waals surface area contributed by atoms with Crippen molar-refractivity contribution in [1.29, 1.82) is 5.26 Å². The Morgan fingerprint density at radius 3 is 2.78 bits per heavy atom. The van der Waals surface area contributed by atoms with Crippen molar-refractivity contribution in [2.24, 2.45) is 0 Å². The molecule has 1 N–H and O–H groups in total. The molecule has 0 aliphatic rings. The molecular formula is C11H6N4O3. The highest BCUT2D eigenvalue weighted by molar-refractivity contribution is 5.88. The minimum absolute atomic E-state index is 0.0593. The summed E-state index contributed by atoms with van der Waals surface area (Å²) < 4.78 is 5.24. The molecule has 0 aromatic carbocycles. The number of carboxylic acids is 1. The maximum Gasteiger partial charge on any atom is 0.358 e. The van der Waals surface area contributed by atoms with Crippen LogP contribution >= 0.6 is 0 Å². The van der Waals surface area contributed by atoms with E-state index in [2.05, 4.69) is 15.0 Å². The van der Waals surface area contributed by atoms with Crippen molar-refractivity contribution in [2.45, 2.75) is 0 Å². The molecule has 0 saturated carbocycles. The van der Waals surface area contributed by atoms with Crippen molar-refractivity contribution in [1.82, 2.24) is 15.0 Å². The molecule has 0 saturated heterocycles. The first-order valence-corrected chi connectivity index (χ1v) is 4.79. The van der Waals surface area contributed by atoms with Gasteiger partial charge >= 0.3 is 5.97 Å². The lowest BCUT2D eigenvalue weighted by atomic mass is 10.3. The number of pyridine rings is 1. The van der Waals surface area contributed by atoms with E-state index >= 15 is 0 Å². The van der Waals surface area contributed by atoms with Crippen LogP contribution in [0.15, 0.2) is 30.7 Å². The van der Waals surface area contributed by atoms with E-state index in [1.807, 2.05) is 6.07 Å². The summed E-state index contributed by atoms with van der Waals surface area (Å²) in [6.45, 7) is 0. The fourth-order valence-electron chi connectivity index (χ4n) is 1.17. The molecule has 0 amide bonds. The van der Waals surface area contributed by atoms with Gasteiger partial charge in [-0.15, -0.1) is 0 Å². The second-order valence-corrected chi connectivity index (χ2v) is 3.11. The van der Waals surface area contributed by atoms with Crippen LogP contribution in [0.4, 0.5) is 0 Å². The third-order valence-corrected chi connectivity index (χ3v) is 1.93. The number of hydrogen-bond donors (Lipinski definition) is 1. The number of carbonyl (C=O) groups is 1. The van der Waals surface area contributed by atoms with Gasteiger partial charge in [0.05, 0.1) is 12.4 Å². The van der Waals surface area contributed by atoms with E-state index in [1.165, 1.54) is 24.7 Å². The average molecular weight is 242 g/mol. The highest BCUT2D eigenvalue weighted by atomic mass is 16.5. The van der Waals surface area contributed by atoms with Crippen molar-refractivity contribution in [3.8, 4) is 17.7 Å². The number of hydrogen-bond acceptors (Lipinski definition) is 6. The molecule has 0 fully saturated rings. The Bertz CT molecular complexity index is 619. The van der Waals surface area contributed by atoms with Gasteiger partial charge in [-0.25, -0.2) is 19.7 Å². The van der Waals surface area contributed by atoms with Crippen LogP contribution in [0.5, 0.6) is 11.6 Å². The standard InChI is InChI=1S/C11H6N4O3/c12-4-7-5-15-9(6-14-7)18-8-2-1-3-13-10(8)11(16)17/h1-3,5-6H,(H,16,17). The van der Waals surface area contributed by atoms with E-state index in [9.17, 15) is 4.79 Å². The second kappa shape index (κ2) is 4.88. The summed E-state index contributed by atoms with van der Waals surface area (Å²) in [7, 11) is 0. The van der Waals surface area contributed by atoms with Gasteiger partial charge in [0.2, 0.25) is 5.88 Å². The Kier molecular flexibility index (Phi) is 3.11. The van der Waals surface area contributed by atoms with Crippen LogP contribution in [0, 0.1) is 11.3 Å². The van der Waals surface area contributed by atoms with Crippen molar-refractivity contribution in [3.05, 3.63) is 42.1 Å². The summed E-state index contributed by atoms with van der Waals surface area (Å²) in [4.78, 5) is 22.1. The lowest BCUT2D eigenvalue weighted by molar-refractivity contribution is 0.0687. The molecular weight excluding hydrogens is 236 g/mol. The van der Waals surface area contributed by atoms with E-state index in [1.54, 1.807) is 6.07 Å². The SMILES string of the molecule is N#Cc1cnc(Oc2cccnc2C(=O)O)cn1. The maximum absolute atomic E-state index is 10.9. The molecule has 0 aliphatic heterocycles. The third kappa shape index (κ3) is 2.38. The summed E-state index contributed by atoms with van der Waals surface area (Å²) in [6.07, 6.45) is 3.81. The van der Waals surface area contributed by atoms with Crippen LogP contribution in [0.1, 0.15) is 16.2 Å². The number of carboxylic acid groups (broad SMARTS) is 1. The zero-order valence-corrected chi connectivity index (χ0v) is 8.94. The van der Waals surface area contributed by atoms with Crippen LogP contribution in [0.2, 0.25) is 0 Å². The van der Waals surface area contributed by atoms with E-state index in [4.69, 9.17) is 15.1 Å². The molecule has 2 aromatic rings. The first-order valence-electron chi connectivity index (χ1n) is 4.79. The van der Waals surface area contributed by atoms with Crippen molar-refractivity contribution in [2.75, 3.05) is 0 Å². The van der Waals surface area contributed by atoms with Gasteiger partial charge in [0.1, 0.15) is 6.07 Å². The predicted octanol–water partition coefficient (Wildman–Crippen LogP) is 1.23. The normalized spacial score (nSPS) is 9.50. The van der Waals surface area contributed by atoms with Crippen LogP contribution < -0.4 is 4.74 Å². The van der Waals surface area contributed by atoms with Crippen molar-refractivity contribution in [3.63, 3.8) is 0 Å². The third-order valence-electron chi connectivity index (χ3n) is 1.93. The fraction of sp³-hybridized carbons (Fsp3) is 0. The Balaban J connectivity index is 2.28.